The normalized spacial score (nSPS) is 10.9. The van der Waals surface area contributed by atoms with E-state index >= 15 is 0 Å². The van der Waals surface area contributed by atoms with Gasteiger partial charge in [0.1, 0.15) is 16.9 Å². The van der Waals surface area contributed by atoms with Crippen molar-refractivity contribution in [1.82, 2.24) is 24.0 Å². The van der Waals surface area contributed by atoms with E-state index in [1.807, 2.05) is 25.1 Å². The Morgan fingerprint density at radius 2 is 2.19 bits per heavy atom. The summed E-state index contributed by atoms with van der Waals surface area (Å²) in [4.78, 5) is 19.3. The average molecular weight is 301 g/mol. The second-order valence-corrected chi connectivity index (χ2v) is 5.28. The predicted octanol–water partition coefficient (Wildman–Crippen LogP) is 1.84. The molecular formula is C14H15N5OS. The number of imidazole rings is 1. The number of rotatable bonds is 5. The molecule has 0 atom stereocenters. The van der Waals surface area contributed by atoms with Gasteiger partial charge in [-0.05, 0) is 17.7 Å². The molecule has 7 heteroatoms. The van der Waals surface area contributed by atoms with Gasteiger partial charge in [-0.1, -0.05) is 13.0 Å². The maximum atomic E-state index is 12.0. The lowest BCUT2D eigenvalue weighted by Crippen LogP contribution is -2.24. The number of aromatic nitrogens is 4. The third kappa shape index (κ3) is 3.25. The van der Waals surface area contributed by atoms with E-state index in [1.54, 1.807) is 6.20 Å². The van der Waals surface area contributed by atoms with E-state index in [9.17, 15) is 4.79 Å². The van der Waals surface area contributed by atoms with Crippen LogP contribution < -0.4 is 5.32 Å². The fourth-order valence-electron chi connectivity index (χ4n) is 2.05. The zero-order valence-corrected chi connectivity index (χ0v) is 12.4. The Morgan fingerprint density at radius 1 is 1.33 bits per heavy atom. The highest BCUT2D eigenvalue weighted by Gasteiger charge is 2.07. The molecular weight excluding hydrogens is 286 g/mol. The summed E-state index contributed by atoms with van der Waals surface area (Å²) in [7, 11) is 0. The summed E-state index contributed by atoms with van der Waals surface area (Å²) >= 11 is 1.18. The molecule has 6 nitrogen and oxygen atoms in total. The first kappa shape index (κ1) is 13.7. The Hall–Kier alpha value is -2.28. The third-order valence-electron chi connectivity index (χ3n) is 3.17. The molecule has 0 unspecified atom stereocenters. The third-order valence-corrected chi connectivity index (χ3v) is 3.73. The van der Waals surface area contributed by atoms with Crippen molar-refractivity contribution in [3.8, 4) is 0 Å². The molecule has 2 aromatic heterocycles. The zero-order chi connectivity index (χ0) is 14.7. The molecule has 0 aliphatic carbocycles. The number of H-pyrrole nitrogens is 1. The van der Waals surface area contributed by atoms with Crippen LogP contribution in [0.15, 0.2) is 24.4 Å². The smallest absolute Gasteiger partial charge is 0.224 e. The van der Waals surface area contributed by atoms with Crippen LogP contribution in [0.5, 0.6) is 0 Å². The number of amides is 1. The number of aromatic amines is 1. The van der Waals surface area contributed by atoms with Crippen molar-refractivity contribution in [3.63, 3.8) is 0 Å². The molecule has 21 heavy (non-hydrogen) atoms. The number of hydrogen-bond donors (Lipinski definition) is 2. The van der Waals surface area contributed by atoms with Crippen molar-refractivity contribution in [2.45, 2.75) is 26.3 Å². The van der Waals surface area contributed by atoms with E-state index in [-0.39, 0.29) is 5.91 Å². The topological polar surface area (TPSA) is 83.6 Å². The molecule has 0 fully saturated rings. The summed E-state index contributed by atoms with van der Waals surface area (Å²) in [6, 6.07) is 5.71. The van der Waals surface area contributed by atoms with Crippen molar-refractivity contribution in [1.29, 1.82) is 0 Å². The monoisotopic (exact) mass is 301 g/mol. The van der Waals surface area contributed by atoms with E-state index in [0.717, 1.165) is 34.5 Å². The van der Waals surface area contributed by atoms with E-state index in [2.05, 4.69) is 24.0 Å². The Balaban J connectivity index is 1.58. The van der Waals surface area contributed by atoms with E-state index in [0.29, 0.717) is 13.0 Å². The van der Waals surface area contributed by atoms with Gasteiger partial charge >= 0.3 is 0 Å². The first-order valence-corrected chi connectivity index (χ1v) is 7.48. The number of carbonyl (C=O) groups is 1. The number of nitrogens with zero attached hydrogens (tertiary/aromatic N) is 3. The first-order valence-electron chi connectivity index (χ1n) is 6.75. The van der Waals surface area contributed by atoms with Crippen LogP contribution in [0.4, 0.5) is 0 Å². The van der Waals surface area contributed by atoms with Crippen LogP contribution >= 0.6 is 11.7 Å². The Kier molecular flexibility index (Phi) is 3.92. The van der Waals surface area contributed by atoms with Crippen LogP contribution in [-0.2, 0) is 24.2 Å². The van der Waals surface area contributed by atoms with Crippen molar-refractivity contribution < 1.29 is 4.79 Å². The summed E-state index contributed by atoms with van der Waals surface area (Å²) < 4.78 is 8.32. The highest BCUT2D eigenvalue weighted by molar-refractivity contribution is 7.00. The molecule has 0 saturated carbocycles. The van der Waals surface area contributed by atoms with Gasteiger partial charge in [-0.25, -0.2) is 4.98 Å². The van der Waals surface area contributed by atoms with Crippen LogP contribution in [-0.4, -0.2) is 24.6 Å². The zero-order valence-electron chi connectivity index (χ0n) is 11.6. The van der Waals surface area contributed by atoms with Gasteiger partial charge in [0.05, 0.1) is 36.6 Å². The standard InChI is InChI=1S/C14H15N5OS/c1-2-13-15-7-10(17-13)8-16-14(20)6-9-3-4-11-12(5-9)19-21-18-11/h3-5,7H,2,6,8H2,1H3,(H,15,17)(H,16,20). The molecule has 1 amide bonds. The lowest BCUT2D eigenvalue weighted by molar-refractivity contribution is -0.120. The summed E-state index contributed by atoms with van der Waals surface area (Å²) in [6.07, 6.45) is 2.95. The molecule has 1 aromatic carbocycles. The fourth-order valence-corrected chi connectivity index (χ4v) is 2.57. The van der Waals surface area contributed by atoms with Gasteiger partial charge in [-0.15, -0.1) is 0 Å². The van der Waals surface area contributed by atoms with Crippen LogP contribution in [0, 0.1) is 0 Å². The van der Waals surface area contributed by atoms with Gasteiger partial charge in [0.2, 0.25) is 5.91 Å². The van der Waals surface area contributed by atoms with Gasteiger partial charge in [-0.3, -0.25) is 4.79 Å². The number of fused-ring (bicyclic) bond motifs is 1. The van der Waals surface area contributed by atoms with Crippen molar-refractivity contribution in [2.24, 2.45) is 0 Å². The van der Waals surface area contributed by atoms with Crippen LogP contribution in [0.3, 0.4) is 0 Å². The summed E-state index contributed by atoms with van der Waals surface area (Å²) in [5, 5.41) is 2.88. The molecule has 2 N–H and O–H groups in total. The quantitative estimate of drug-likeness (QED) is 0.753. The largest absolute Gasteiger partial charge is 0.350 e. The Bertz CT molecular complexity index is 763. The van der Waals surface area contributed by atoms with Crippen molar-refractivity contribution in [2.75, 3.05) is 0 Å². The van der Waals surface area contributed by atoms with Crippen LogP contribution in [0.1, 0.15) is 24.0 Å². The van der Waals surface area contributed by atoms with Gasteiger partial charge in [0, 0.05) is 6.42 Å². The fraction of sp³-hybridized carbons (Fsp3) is 0.286. The molecule has 0 bridgehead atoms. The minimum absolute atomic E-state index is 0.0230. The Morgan fingerprint density at radius 3 is 3.00 bits per heavy atom. The number of benzene rings is 1. The highest BCUT2D eigenvalue weighted by atomic mass is 32.1. The molecule has 3 aromatic rings. The van der Waals surface area contributed by atoms with Gasteiger partial charge < -0.3 is 10.3 Å². The van der Waals surface area contributed by atoms with Crippen LogP contribution in [0.2, 0.25) is 0 Å². The second kappa shape index (κ2) is 6.01. The molecule has 0 saturated heterocycles. The van der Waals surface area contributed by atoms with Crippen LogP contribution in [0.25, 0.3) is 11.0 Å². The average Bonchev–Trinajstić information content (AvgIpc) is 3.13. The first-order chi connectivity index (χ1) is 10.2. The molecule has 2 heterocycles. The minimum atomic E-state index is -0.0230. The van der Waals surface area contributed by atoms with Gasteiger partial charge in [0.25, 0.3) is 0 Å². The van der Waals surface area contributed by atoms with Crippen molar-refractivity contribution >= 4 is 28.7 Å². The molecule has 108 valence electrons. The van der Waals surface area contributed by atoms with Gasteiger partial charge in [-0.2, -0.15) is 8.75 Å². The lowest BCUT2D eigenvalue weighted by atomic mass is 10.1. The number of nitrogens with one attached hydrogen (secondary N) is 2. The van der Waals surface area contributed by atoms with Crippen molar-refractivity contribution in [3.05, 3.63) is 41.5 Å². The van der Waals surface area contributed by atoms with E-state index in [1.165, 1.54) is 11.7 Å². The maximum absolute atomic E-state index is 12.0. The molecule has 0 radical (unpaired) electrons. The van der Waals surface area contributed by atoms with E-state index < -0.39 is 0 Å². The highest BCUT2D eigenvalue weighted by Crippen LogP contribution is 2.13. The summed E-state index contributed by atoms with van der Waals surface area (Å²) in [6.45, 7) is 2.50. The number of aryl methyl sites for hydroxylation is 1. The SMILES string of the molecule is CCc1ncc(CNC(=O)Cc2ccc3nsnc3c2)[nH]1. The molecule has 0 aliphatic heterocycles. The summed E-state index contributed by atoms with van der Waals surface area (Å²) in [5.41, 5.74) is 3.56. The molecule has 0 spiro atoms. The number of hydrogen-bond acceptors (Lipinski definition) is 5. The molecule has 3 rings (SSSR count). The second-order valence-electron chi connectivity index (χ2n) is 4.75. The molecule has 0 aliphatic rings. The summed E-state index contributed by atoms with van der Waals surface area (Å²) in [5.74, 6) is 0.908. The van der Waals surface area contributed by atoms with Gasteiger partial charge in [0.15, 0.2) is 0 Å². The Labute approximate surface area is 125 Å². The lowest BCUT2D eigenvalue weighted by Gasteiger charge is -2.04. The van der Waals surface area contributed by atoms with E-state index in [4.69, 9.17) is 0 Å². The number of carbonyl (C=O) groups excluding carboxylic acids is 1. The minimum Gasteiger partial charge on any atom is -0.350 e. The predicted molar refractivity (Wildman–Crippen MR) is 80.9 cm³/mol. The maximum Gasteiger partial charge on any atom is 0.224 e.